The topological polar surface area (TPSA) is 114 Å². The molecule has 2 aromatic rings. The fraction of sp³-hybridized carbons (Fsp3) is 0.524. The molecule has 11 heteroatoms. The molecule has 0 unspecified atom stereocenters. The summed E-state index contributed by atoms with van der Waals surface area (Å²) >= 11 is 0. The van der Waals surface area contributed by atoms with Gasteiger partial charge in [-0.15, -0.1) is 0 Å². The molecule has 1 aliphatic rings. The van der Waals surface area contributed by atoms with Gasteiger partial charge in [-0.3, -0.25) is 0 Å². The van der Waals surface area contributed by atoms with E-state index in [-0.39, 0.29) is 35.9 Å². The molecule has 0 saturated carbocycles. The lowest BCUT2D eigenvalue weighted by molar-refractivity contribution is 0.0834. The van der Waals surface area contributed by atoms with E-state index < -0.39 is 15.8 Å². The summed E-state index contributed by atoms with van der Waals surface area (Å²) in [6.07, 6.45) is 3.18. The summed E-state index contributed by atoms with van der Waals surface area (Å²) in [5, 5.41) is 6.19. The molecule has 0 spiro atoms. The van der Waals surface area contributed by atoms with Crippen molar-refractivity contribution >= 4 is 21.5 Å². The lowest BCUT2D eigenvalue weighted by Gasteiger charge is -2.24. The van der Waals surface area contributed by atoms with E-state index in [0.29, 0.717) is 17.3 Å². The number of benzene rings is 1. The van der Waals surface area contributed by atoms with Crippen molar-refractivity contribution in [2.75, 3.05) is 31.6 Å². The summed E-state index contributed by atoms with van der Waals surface area (Å²) in [6, 6.07) is 3.67. The van der Waals surface area contributed by atoms with Crippen molar-refractivity contribution in [3.05, 3.63) is 35.9 Å². The van der Waals surface area contributed by atoms with E-state index in [1.54, 1.807) is 6.92 Å². The molecule has 0 aliphatic carbocycles. The van der Waals surface area contributed by atoms with Gasteiger partial charge in [-0.1, -0.05) is 0 Å². The molecule has 32 heavy (non-hydrogen) atoms. The van der Waals surface area contributed by atoms with Gasteiger partial charge in [-0.2, -0.15) is 0 Å². The van der Waals surface area contributed by atoms with Crippen molar-refractivity contribution in [2.24, 2.45) is 0 Å². The standard InChI is InChI=1S/C21H30FN5O4S/c1-14(2)30-11-10-26-32(28,29)17-4-5-19(18(22)12-17)27-20-15(3)21(25-13-24-20)31-16-6-8-23-9-7-16/h4-5,12-14,16,23,26H,6-11H2,1-3H3,(H,24,25,27). The second-order valence-corrected chi connectivity index (χ2v) is 9.57. The first-order chi connectivity index (χ1) is 15.3. The molecule has 0 amide bonds. The van der Waals surface area contributed by atoms with E-state index in [0.717, 1.165) is 32.0 Å². The maximum absolute atomic E-state index is 14.7. The van der Waals surface area contributed by atoms with Crippen LogP contribution in [-0.2, 0) is 14.8 Å². The Morgan fingerprint density at radius 2 is 2.00 bits per heavy atom. The van der Waals surface area contributed by atoms with Crippen LogP contribution in [0.4, 0.5) is 15.9 Å². The summed E-state index contributed by atoms with van der Waals surface area (Å²) in [5.41, 5.74) is 0.746. The van der Waals surface area contributed by atoms with Crippen LogP contribution in [0.1, 0.15) is 32.3 Å². The lowest BCUT2D eigenvalue weighted by atomic mass is 10.1. The second kappa shape index (κ2) is 11.0. The highest BCUT2D eigenvalue weighted by atomic mass is 32.2. The highest BCUT2D eigenvalue weighted by molar-refractivity contribution is 7.89. The van der Waals surface area contributed by atoms with Gasteiger partial charge >= 0.3 is 0 Å². The Hall–Kier alpha value is -2.34. The smallest absolute Gasteiger partial charge is 0.240 e. The van der Waals surface area contributed by atoms with E-state index in [9.17, 15) is 12.8 Å². The van der Waals surface area contributed by atoms with Crippen LogP contribution in [0.25, 0.3) is 0 Å². The Morgan fingerprint density at radius 3 is 2.69 bits per heavy atom. The Labute approximate surface area is 188 Å². The van der Waals surface area contributed by atoms with Crippen molar-refractivity contribution in [1.29, 1.82) is 0 Å². The molecule has 1 fully saturated rings. The van der Waals surface area contributed by atoms with Gasteiger partial charge in [-0.25, -0.2) is 27.5 Å². The highest BCUT2D eigenvalue weighted by Gasteiger charge is 2.19. The van der Waals surface area contributed by atoms with Crippen molar-refractivity contribution in [3.8, 4) is 5.88 Å². The summed E-state index contributed by atoms with van der Waals surface area (Å²) in [4.78, 5) is 8.22. The highest BCUT2D eigenvalue weighted by Crippen LogP contribution is 2.28. The molecule has 0 atom stereocenters. The van der Waals surface area contributed by atoms with Crippen molar-refractivity contribution in [1.82, 2.24) is 20.0 Å². The Bertz CT molecular complexity index is 1010. The number of sulfonamides is 1. The normalized spacial score (nSPS) is 15.2. The number of anilines is 2. The number of piperidine rings is 1. The van der Waals surface area contributed by atoms with Crippen molar-refractivity contribution in [2.45, 2.75) is 50.7 Å². The molecule has 9 nitrogen and oxygen atoms in total. The third kappa shape index (κ3) is 6.58. The van der Waals surface area contributed by atoms with E-state index in [4.69, 9.17) is 9.47 Å². The predicted molar refractivity (Wildman–Crippen MR) is 119 cm³/mol. The van der Waals surface area contributed by atoms with Crippen LogP contribution in [0.5, 0.6) is 5.88 Å². The molecule has 3 N–H and O–H groups in total. The summed E-state index contributed by atoms with van der Waals surface area (Å²) in [5.74, 6) is 0.120. The minimum Gasteiger partial charge on any atom is -0.474 e. The zero-order valence-electron chi connectivity index (χ0n) is 18.5. The van der Waals surface area contributed by atoms with Gasteiger partial charge in [0.2, 0.25) is 15.9 Å². The van der Waals surface area contributed by atoms with Gasteiger partial charge in [0.1, 0.15) is 24.1 Å². The first-order valence-corrected chi connectivity index (χ1v) is 12.1. The fourth-order valence-corrected chi connectivity index (χ4v) is 4.22. The lowest BCUT2D eigenvalue weighted by Crippen LogP contribution is -2.34. The summed E-state index contributed by atoms with van der Waals surface area (Å²) in [6.45, 7) is 7.61. The molecule has 1 aromatic carbocycles. The minimum atomic E-state index is -3.85. The molecule has 0 bridgehead atoms. The van der Waals surface area contributed by atoms with Crippen LogP contribution in [0.2, 0.25) is 0 Å². The van der Waals surface area contributed by atoms with Crippen molar-refractivity contribution < 1.29 is 22.3 Å². The number of halogens is 1. The summed E-state index contributed by atoms with van der Waals surface area (Å²) in [7, 11) is -3.85. The SMILES string of the molecule is Cc1c(Nc2ccc(S(=O)(=O)NCCOC(C)C)cc2F)ncnc1OC1CCNCC1. The van der Waals surface area contributed by atoms with Crippen LogP contribution in [-0.4, -0.2) is 56.8 Å². The van der Waals surface area contributed by atoms with Gasteiger partial charge < -0.3 is 20.1 Å². The van der Waals surface area contributed by atoms with Crippen LogP contribution in [0.3, 0.4) is 0 Å². The molecule has 1 aliphatic heterocycles. The van der Waals surface area contributed by atoms with E-state index >= 15 is 0 Å². The average Bonchev–Trinajstić information content (AvgIpc) is 2.76. The van der Waals surface area contributed by atoms with Gasteiger partial charge in [0.05, 0.1) is 28.9 Å². The quantitative estimate of drug-likeness (QED) is 0.457. The van der Waals surface area contributed by atoms with Crippen LogP contribution in [0.15, 0.2) is 29.4 Å². The maximum Gasteiger partial charge on any atom is 0.240 e. The zero-order chi connectivity index (χ0) is 23.1. The molecule has 1 saturated heterocycles. The Kier molecular flexibility index (Phi) is 8.35. The number of nitrogens with zero attached hydrogens (tertiary/aromatic N) is 2. The first-order valence-electron chi connectivity index (χ1n) is 10.6. The molecule has 0 radical (unpaired) electrons. The second-order valence-electron chi connectivity index (χ2n) is 7.80. The Balaban J connectivity index is 1.68. The molecule has 176 valence electrons. The average molecular weight is 468 g/mol. The van der Waals surface area contributed by atoms with Crippen LogP contribution in [0, 0.1) is 12.7 Å². The van der Waals surface area contributed by atoms with E-state index in [2.05, 4.69) is 25.3 Å². The third-order valence-corrected chi connectivity index (χ3v) is 6.41. The number of rotatable bonds is 10. The van der Waals surface area contributed by atoms with Crippen LogP contribution < -0.4 is 20.1 Å². The van der Waals surface area contributed by atoms with E-state index in [1.165, 1.54) is 18.5 Å². The Morgan fingerprint density at radius 1 is 1.25 bits per heavy atom. The molecule has 1 aromatic heterocycles. The van der Waals surface area contributed by atoms with Crippen molar-refractivity contribution in [3.63, 3.8) is 0 Å². The minimum absolute atomic E-state index is 0.00171. The number of aromatic nitrogens is 2. The van der Waals surface area contributed by atoms with Crippen LogP contribution >= 0.6 is 0 Å². The summed E-state index contributed by atoms with van der Waals surface area (Å²) < 4.78 is 53.2. The molecular weight excluding hydrogens is 437 g/mol. The molecular formula is C21H30FN5O4S. The molecule has 3 rings (SSSR count). The zero-order valence-corrected chi connectivity index (χ0v) is 19.3. The van der Waals surface area contributed by atoms with Gasteiger partial charge in [0.15, 0.2) is 0 Å². The molecule has 2 heterocycles. The van der Waals surface area contributed by atoms with Gasteiger partial charge in [0.25, 0.3) is 0 Å². The fourth-order valence-electron chi connectivity index (χ4n) is 3.20. The third-order valence-electron chi connectivity index (χ3n) is 4.95. The van der Waals surface area contributed by atoms with E-state index in [1.807, 2.05) is 13.8 Å². The number of nitrogens with one attached hydrogen (secondary N) is 3. The largest absolute Gasteiger partial charge is 0.474 e. The number of ether oxygens (including phenoxy) is 2. The van der Waals surface area contributed by atoms with Gasteiger partial charge in [0, 0.05) is 6.54 Å². The predicted octanol–water partition coefficient (Wildman–Crippen LogP) is 2.50. The monoisotopic (exact) mass is 467 g/mol. The number of hydrogen-bond donors (Lipinski definition) is 3. The first kappa shape index (κ1) is 24.3. The van der Waals surface area contributed by atoms with Gasteiger partial charge in [-0.05, 0) is 64.9 Å². The maximum atomic E-state index is 14.7. The number of hydrogen-bond acceptors (Lipinski definition) is 8.